The van der Waals surface area contributed by atoms with E-state index in [0.717, 1.165) is 37.1 Å². The Morgan fingerprint density at radius 1 is 1.26 bits per heavy atom. The molecular formula is C17H22N4O2. The molecule has 0 aromatic carbocycles. The molecule has 0 aliphatic heterocycles. The van der Waals surface area contributed by atoms with Gasteiger partial charge >= 0.3 is 0 Å². The van der Waals surface area contributed by atoms with Crippen LogP contribution in [0.25, 0.3) is 0 Å². The lowest BCUT2D eigenvalue weighted by molar-refractivity contribution is 0.0880. The number of carbonyl (C=O) groups excluding carboxylic acids is 1. The first-order valence-electron chi connectivity index (χ1n) is 8.00. The Hall–Kier alpha value is -2.37. The van der Waals surface area contributed by atoms with Gasteiger partial charge in [0.2, 0.25) is 0 Å². The first-order chi connectivity index (χ1) is 11.1. The van der Waals surface area contributed by atoms with Crippen molar-refractivity contribution >= 4 is 5.91 Å². The summed E-state index contributed by atoms with van der Waals surface area (Å²) in [6, 6.07) is 4.03. The first kappa shape index (κ1) is 15.5. The molecule has 6 nitrogen and oxygen atoms in total. The number of hydrogen-bond acceptors (Lipinski definition) is 4. The van der Waals surface area contributed by atoms with E-state index in [4.69, 9.17) is 4.74 Å². The fourth-order valence-corrected chi connectivity index (χ4v) is 2.93. The molecule has 0 bridgehead atoms. The minimum absolute atomic E-state index is 0.107. The molecule has 2 aromatic heterocycles. The van der Waals surface area contributed by atoms with Gasteiger partial charge in [0, 0.05) is 31.7 Å². The molecular weight excluding hydrogens is 292 g/mol. The standard InChI is InChI=1S/C17H22N4O2/c1-12-15(4-3-9-18-12)23-14-7-5-13(6-8-14)20-17(22)16-19-10-11-21(16)2/h3-4,9-11,13-14H,5-8H2,1-2H3,(H,20,22). The summed E-state index contributed by atoms with van der Waals surface area (Å²) in [4.78, 5) is 20.5. The lowest BCUT2D eigenvalue weighted by Gasteiger charge is -2.29. The highest BCUT2D eigenvalue weighted by atomic mass is 16.5. The number of rotatable bonds is 4. The van der Waals surface area contributed by atoms with Crippen molar-refractivity contribution in [3.63, 3.8) is 0 Å². The molecule has 1 aliphatic rings. The van der Waals surface area contributed by atoms with Gasteiger partial charge in [0.1, 0.15) is 5.75 Å². The SMILES string of the molecule is Cc1ncccc1OC1CCC(NC(=O)c2nccn2C)CC1. The van der Waals surface area contributed by atoms with Gasteiger partial charge in [0.05, 0.1) is 11.8 Å². The predicted octanol–water partition coefficient (Wildman–Crippen LogP) is 2.24. The van der Waals surface area contributed by atoms with Crippen molar-refractivity contribution in [1.82, 2.24) is 19.9 Å². The molecule has 0 radical (unpaired) electrons. The fraction of sp³-hybridized carbons (Fsp3) is 0.471. The summed E-state index contributed by atoms with van der Waals surface area (Å²) >= 11 is 0. The van der Waals surface area contributed by atoms with Crippen LogP contribution in [0.4, 0.5) is 0 Å². The molecule has 1 amide bonds. The van der Waals surface area contributed by atoms with Crippen molar-refractivity contribution in [2.24, 2.45) is 7.05 Å². The van der Waals surface area contributed by atoms with Gasteiger partial charge in [-0.3, -0.25) is 9.78 Å². The number of hydrogen-bond donors (Lipinski definition) is 1. The molecule has 1 aliphatic carbocycles. The molecule has 1 N–H and O–H groups in total. The van der Waals surface area contributed by atoms with Crippen LogP contribution >= 0.6 is 0 Å². The van der Waals surface area contributed by atoms with Crippen molar-refractivity contribution in [3.8, 4) is 5.75 Å². The molecule has 6 heteroatoms. The van der Waals surface area contributed by atoms with Gasteiger partial charge in [-0.15, -0.1) is 0 Å². The van der Waals surface area contributed by atoms with Crippen LogP contribution in [0.5, 0.6) is 5.75 Å². The zero-order chi connectivity index (χ0) is 16.2. The Morgan fingerprint density at radius 2 is 2.04 bits per heavy atom. The minimum Gasteiger partial charge on any atom is -0.489 e. The van der Waals surface area contributed by atoms with Gasteiger partial charge in [0.15, 0.2) is 5.82 Å². The third-order valence-electron chi connectivity index (χ3n) is 4.29. The maximum atomic E-state index is 12.2. The van der Waals surface area contributed by atoms with Crippen LogP contribution in [0.1, 0.15) is 42.0 Å². The summed E-state index contributed by atoms with van der Waals surface area (Å²) in [6.45, 7) is 1.95. The molecule has 3 rings (SSSR count). The van der Waals surface area contributed by atoms with E-state index in [-0.39, 0.29) is 18.1 Å². The van der Waals surface area contributed by atoms with Crippen LogP contribution in [0, 0.1) is 6.92 Å². The van der Waals surface area contributed by atoms with Crippen molar-refractivity contribution in [2.45, 2.75) is 44.8 Å². The molecule has 1 saturated carbocycles. The first-order valence-corrected chi connectivity index (χ1v) is 8.00. The van der Waals surface area contributed by atoms with Crippen molar-refractivity contribution < 1.29 is 9.53 Å². The molecule has 122 valence electrons. The number of nitrogens with zero attached hydrogens (tertiary/aromatic N) is 3. The molecule has 0 spiro atoms. The molecule has 0 atom stereocenters. The van der Waals surface area contributed by atoms with Crippen LogP contribution in [0.2, 0.25) is 0 Å². The Balaban J connectivity index is 1.50. The average Bonchev–Trinajstić information content (AvgIpc) is 2.98. The maximum absolute atomic E-state index is 12.2. The number of nitrogens with one attached hydrogen (secondary N) is 1. The number of aryl methyl sites for hydroxylation is 2. The van der Waals surface area contributed by atoms with Crippen LogP contribution in [0.3, 0.4) is 0 Å². The third kappa shape index (κ3) is 3.70. The van der Waals surface area contributed by atoms with Gasteiger partial charge in [-0.2, -0.15) is 0 Å². The Kier molecular flexibility index (Phi) is 4.60. The Labute approximate surface area is 135 Å². The summed E-state index contributed by atoms with van der Waals surface area (Å²) in [5.41, 5.74) is 0.915. The number of imidazole rings is 1. The Morgan fingerprint density at radius 3 is 2.70 bits per heavy atom. The minimum atomic E-state index is -0.107. The second-order valence-corrected chi connectivity index (χ2v) is 6.01. The van der Waals surface area contributed by atoms with E-state index < -0.39 is 0 Å². The average molecular weight is 314 g/mol. The normalized spacial score (nSPS) is 21.0. The van der Waals surface area contributed by atoms with E-state index in [1.807, 2.05) is 26.1 Å². The van der Waals surface area contributed by atoms with E-state index in [9.17, 15) is 4.79 Å². The van der Waals surface area contributed by atoms with Crippen molar-refractivity contribution in [2.75, 3.05) is 0 Å². The highest BCUT2D eigenvalue weighted by Gasteiger charge is 2.25. The number of pyridine rings is 1. The molecule has 0 unspecified atom stereocenters. The second-order valence-electron chi connectivity index (χ2n) is 6.01. The number of ether oxygens (including phenoxy) is 1. The second kappa shape index (κ2) is 6.81. The van der Waals surface area contributed by atoms with Gasteiger partial charge in [-0.1, -0.05) is 0 Å². The monoisotopic (exact) mass is 314 g/mol. The van der Waals surface area contributed by atoms with E-state index in [0.29, 0.717) is 5.82 Å². The molecule has 2 heterocycles. The largest absolute Gasteiger partial charge is 0.489 e. The van der Waals surface area contributed by atoms with Crippen molar-refractivity contribution in [3.05, 3.63) is 42.2 Å². The highest BCUT2D eigenvalue weighted by molar-refractivity contribution is 5.90. The van der Waals surface area contributed by atoms with Crippen LogP contribution in [-0.2, 0) is 7.05 Å². The number of aromatic nitrogens is 3. The lowest BCUT2D eigenvalue weighted by atomic mass is 9.93. The smallest absolute Gasteiger partial charge is 0.287 e. The Bertz CT molecular complexity index is 675. The molecule has 2 aromatic rings. The zero-order valence-electron chi connectivity index (χ0n) is 13.5. The summed E-state index contributed by atoms with van der Waals surface area (Å²) < 4.78 is 7.77. The molecule has 23 heavy (non-hydrogen) atoms. The van der Waals surface area contributed by atoms with Gasteiger partial charge in [-0.25, -0.2) is 4.98 Å². The maximum Gasteiger partial charge on any atom is 0.287 e. The zero-order valence-corrected chi connectivity index (χ0v) is 13.5. The lowest BCUT2D eigenvalue weighted by Crippen LogP contribution is -2.40. The van der Waals surface area contributed by atoms with E-state index in [1.54, 1.807) is 23.2 Å². The molecule has 1 fully saturated rings. The summed E-state index contributed by atoms with van der Waals surface area (Å²) in [7, 11) is 1.82. The van der Waals surface area contributed by atoms with E-state index in [2.05, 4.69) is 15.3 Å². The van der Waals surface area contributed by atoms with Crippen molar-refractivity contribution in [1.29, 1.82) is 0 Å². The summed E-state index contributed by atoms with van der Waals surface area (Å²) in [6.07, 6.45) is 9.07. The third-order valence-corrected chi connectivity index (χ3v) is 4.29. The van der Waals surface area contributed by atoms with Gasteiger partial charge in [0.25, 0.3) is 5.91 Å². The van der Waals surface area contributed by atoms with E-state index >= 15 is 0 Å². The number of carbonyl (C=O) groups is 1. The van der Waals surface area contributed by atoms with Crippen LogP contribution < -0.4 is 10.1 Å². The van der Waals surface area contributed by atoms with Crippen LogP contribution in [0.15, 0.2) is 30.7 Å². The summed E-state index contributed by atoms with van der Waals surface area (Å²) in [5, 5.41) is 3.07. The summed E-state index contributed by atoms with van der Waals surface area (Å²) in [5.74, 6) is 1.20. The van der Waals surface area contributed by atoms with Gasteiger partial charge in [-0.05, 0) is 44.7 Å². The predicted molar refractivity (Wildman–Crippen MR) is 86.3 cm³/mol. The van der Waals surface area contributed by atoms with Gasteiger partial charge < -0.3 is 14.6 Å². The van der Waals surface area contributed by atoms with E-state index in [1.165, 1.54) is 0 Å². The number of amides is 1. The van der Waals surface area contributed by atoms with Crippen LogP contribution in [-0.4, -0.2) is 32.6 Å². The molecule has 0 saturated heterocycles. The fourth-order valence-electron chi connectivity index (χ4n) is 2.93. The quantitative estimate of drug-likeness (QED) is 0.939. The topological polar surface area (TPSA) is 69.0 Å². The highest BCUT2D eigenvalue weighted by Crippen LogP contribution is 2.25.